The number of halogens is 2. The zero-order valence-corrected chi connectivity index (χ0v) is 16.0. The lowest BCUT2D eigenvalue weighted by atomic mass is 10.1. The quantitative estimate of drug-likeness (QED) is 0.350. The van der Waals surface area contributed by atoms with Gasteiger partial charge in [0.15, 0.2) is 0 Å². The molecule has 0 aliphatic carbocycles. The molecule has 0 bridgehead atoms. The van der Waals surface area contributed by atoms with Crippen molar-refractivity contribution < 1.29 is 19.1 Å². The fourth-order valence-electron chi connectivity index (χ4n) is 1.90. The van der Waals surface area contributed by atoms with Crippen molar-refractivity contribution in [1.82, 2.24) is 0 Å². The molecular formula is C18H16Br2O4. The summed E-state index contributed by atoms with van der Waals surface area (Å²) in [7, 11) is 0. The number of carbonyl (C=O) groups is 2. The Hall–Kier alpha value is -1.66. The van der Waals surface area contributed by atoms with Gasteiger partial charge in [0.25, 0.3) is 0 Å². The maximum atomic E-state index is 11.9. The molecule has 0 aliphatic rings. The lowest BCUT2D eigenvalue weighted by molar-refractivity contribution is 0.0265. The van der Waals surface area contributed by atoms with Gasteiger partial charge in [0.1, 0.15) is 13.2 Å². The Balaban J connectivity index is 1.74. The van der Waals surface area contributed by atoms with E-state index in [0.717, 1.165) is 21.8 Å². The molecule has 0 unspecified atom stereocenters. The van der Waals surface area contributed by atoms with Crippen LogP contribution in [0.2, 0.25) is 0 Å². The van der Waals surface area contributed by atoms with E-state index < -0.39 is 11.9 Å². The number of hydrogen-bond donors (Lipinski definition) is 0. The molecule has 126 valence electrons. The van der Waals surface area contributed by atoms with Crippen LogP contribution in [0.4, 0.5) is 0 Å². The van der Waals surface area contributed by atoms with Crippen LogP contribution in [0, 0.1) is 0 Å². The highest BCUT2D eigenvalue weighted by molar-refractivity contribution is 9.08. The third-order valence-electron chi connectivity index (χ3n) is 3.24. The van der Waals surface area contributed by atoms with Gasteiger partial charge < -0.3 is 9.47 Å². The first kappa shape index (κ1) is 18.7. The molecule has 0 saturated heterocycles. The zero-order chi connectivity index (χ0) is 17.4. The van der Waals surface area contributed by atoms with Gasteiger partial charge in [-0.1, -0.05) is 56.1 Å². The Morgan fingerprint density at radius 2 is 1.00 bits per heavy atom. The predicted octanol–water partition coefficient (Wildman–Crippen LogP) is 4.49. The summed E-state index contributed by atoms with van der Waals surface area (Å²) in [5, 5.41) is 1.46. The molecule has 0 radical (unpaired) electrons. The topological polar surface area (TPSA) is 52.6 Å². The number of esters is 2. The Labute approximate surface area is 157 Å². The van der Waals surface area contributed by atoms with Gasteiger partial charge in [0.05, 0.1) is 11.1 Å². The van der Waals surface area contributed by atoms with Gasteiger partial charge in [0, 0.05) is 10.7 Å². The summed E-state index contributed by atoms with van der Waals surface area (Å²) in [6.45, 7) is 0.0362. The van der Waals surface area contributed by atoms with Crippen LogP contribution in [0.3, 0.4) is 0 Å². The predicted molar refractivity (Wildman–Crippen MR) is 98.7 cm³/mol. The second-order valence-electron chi connectivity index (χ2n) is 4.93. The summed E-state index contributed by atoms with van der Waals surface area (Å²) in [5.74, 6) is -0.873. The van der Waals surface area contributed by atoms with Gasteiger partial charge in [-0.15, -0.1) is 0 Å². The highest BCUT2D eigenvalue weighted by Crippen LogP contribution is 2.10. The minimum Gasteiger partial charge on any atom is -0.458 e. The van der Waals surface area contributed by atoms with E-state index in [0.29, 0.717) is 11.1 Å². The third kappa shape index (κ3) is 5.46. The van der Waals surface area contributed by atoms with E-state index in [1.807, 2.05) is 24.3 Å². The summed E-state index contributed by atoms with van der Waals surface area (Å²) in [6, 6.07) is 14.2. The fourth-order valence-corrected chi connectivity index (χ4v) is 2.64. The average Bonchev–Trinajstić information content (AvgIpc) is 2.65. The summed E-state index contributed by atoms with van der Waals surface area (Å²) in [5.41, 5.74) is 3.09. The molecule has 2 aromatic rings. The number of carbonyl (C=O) groups excluding carboxylic acids is 2. The van der Waals surface area contributed by atoms with Gasteiger partial charge in [-0.25, -0.2) is 9.59 Å². The van der Waals surface area contributed by atoms with Gasteiger partial charge >= 0.3 is 11.9 Å². The van der Waals surface area contributed by atoms with Gasteiger partial charge in [-0.3, -0.25) is 0 Å². The van der Waals surface area contributed by atoms with Crippen molar-refractivity contribution in [2.75, 3.05) is 13.2 Å². The lowest BCUT2D eigenvalue weighted by Crippen LogP contribution is -2.14. The van der Waals surface area contributed by atoms with Crippen molar-refractivity contribution in [2.24, 2.45) is 0 Å². The highest BCUT2D eigenvalue weighted by atomic mass is 79.9. The monoisotopic (exact) mass is 454 g/mol. The van der Waals surface area contributed by atoms with E-state index in [1.54, 1.807) is 24.3 Å². The zero-order valence-electron chi connectivity index (χ0n) is 12.8. The van der Waals surface area contributed by atoms with Crippen LogP contribution in [-0.2, 0) is 20.1 Å². The van der Waals surface area contributed by atoms with Gasteiger partial charge in [0.2, 0.25) is 0 Å². The minimum absolute atomic E-state index is 0.0181. The number of alkyl halides is 2. The molecule has 0 N–H and O–H groups in total. The Kier molecular flexibility index (Phi) is 7.46. The Morgan fingerprint density at radius 1 is 0.667 bits per heavy atom. The van der Waals surface area contributed by atoms with Crippen LogP contribution in [-0.4, -0.2) is 25.2 Å². The molecule has 0 aliphatic heterocycles. The lowest BCUT2D eigenvalue weighted by Gasteiger charge is -2.07. The first-order valence-corrected chi connectivity index (χ1v) is 9.52. The summed E-state index contributed by atoms with van der Waals surface area (Å²) >= 11 is 6.69. The van der Waals surface area contributed by atoms with E-state index in [9.17, 15) is 9.59 Å². The highest BCUT2D eigenvalue weighted by Gasteiger charge is 2.09. The van der Waals surface area contributed by atoms with Gasteiger partial charge in [-0.2, -0.15) is 0 Å². The molecule has 2 rings (SSSR count). The number of rotatable bonds is 7. The number of ether oxygens (including phenoxy) is 2. The molecule has 0 saturated carbocycles. The Bertz CT molecular complexity index is 620. The van der Waals surface area contributed by atoms with E-state index in [4.69, 9.17) is 9.47 Å². The fraction of sp³-hybridized carbons (Fsp3) is 0.222. The van der Waals surface area contributed by atoms with Gasteiger partial charge in [-0.05, 0) is 35.4 Å². The average molecular weight is 456 g/mol. The van der Waals surface area contributed by atoms with Crippen LogP contribution in [0.5, 0.6) is 0 Å². The molecular weight excluding hydrogens is 440 g/mol. The molecule has 0 aromatic heterocycles. The number of hydrogen-bond acceptors (Lipinski definition) is 4. The van der Waals surface area contributed by atoms with E-state index >= 15 is 0 Å². The standard InChI is InChI=1S/C18H16Br2O4/c19-11-13-1-5-15(6-2-13)17(21)23-9-10-24-18(22)16-7-3-14(12-20)4-8-16/h1-8H,9-12H2. The van der Waals surface area contributed by atoms with Crippen molar-refractivity contribution >= 4 is 43.8 Å². The molecule has 0 amide bonds. The summed E-state index contributed by atoms with van der Waals surface area (Å²) in [6.07, 6.45) is 0. The third-order valence-corrected chi connectivity index (χ3v) is 4.53. The maximum absolute atomic E-state index is 11.9. The van der Waals surface area contributed by atoms with Crippen molar-refractivity contribution in [1.29, 1.82) is 0 Å². The van der Waals surface area contributed by atoms with Crippen LogP contribution in [0.1, 0.15) is 31.8 Å². The molecule has 4 nitrogen and oxygen atoms in total. The van der Waals surface area contributed by atoms with Crippen molar-refractivity contribution in [3.05, 3.63) is 70.8 Å². The molecule has 0 fully saturated rings. The molecule has 24 heavy (non-hydrogen) atoms. The molecule has 0 atom stereocenters. The molecule has 0 spiro atoms. The normalized spacial score (nSPS) is 10.2. The summed E-state index contributed by atoms with van der Waals surface area (Å²) < 4.78 is 10.2. The molecule has 2 aromatic carbocycles. The van der Waals surface area contributed by atoms with E-state index in [-0.39, 0.29) is 13.2 Å². The van der Waals surface area contributed by atoms with Crippen molar-refractivity contribution in [3.63, 3.8) is 0 Å². The smallest absolute Gasteiger partial charge is 0.338 e. The second kappa shape index (κ2) is 9.59. The van der Waals surface area contributed by atoms with E-state index in [1.165, 1.54) is 0 Å². The maximum Gasteiger partial charge on any atom is 0.338 e. The SMILES string of the molecule is O=C(OCCOC(=O)c1ccc(CBr)cc1)c1ccc(CBr)cc1. The van der Waals surface area contributed by atoms with E-state index in [2.05, 4.69) is 31.9 Å². The second-order valence-corrected chi connectivity index (χ2v) is 6.05. The van der Waals surface area contributed by atoms with Crippen LogP contribution in [0.25, 0.3) is 0 Å². The van der Waals surface area contributed by atoms with Crippen LogP contribution in [0.15, 0.2) is 48.5 Å². The van der Waals surface area contributed by atoms with Crippen molar-refractivity contribution in [2.45, 2.75) is 10.7 Å². The Morgan fingerprint density at radius 3 is 1.29 bits per heavy atom. The first-order valence-electron chi connectivity index (χ1n) is 7.28. The molecule has 6 heteroatoms. The van der Waals surface area contributed by atoms with Crippen LogP contribution >= 0.6 is 31.9 Å². The van der Waals surface area contributed by atoms with Crippen molar-refractivity contribution in [3.8, 4) is 0 Å². The molecule has 0 heterocycles. The largest absolute Gasteiger partial charge is 0.458 e. The summed E-state index contributed by atoms with van der Waals surface area (Å²) in [4.78, 5) is 23.7. The first-order chi connectivity index (χ1) is 11.6. The van der Waals surface area contributed by atoms with Crippen LogP contribution < -0.4 is 0 Å². The number of benzene rings is 2. The minimum atomic E-state index is -0.436.